The zero-order chi connectivity index (χ0) is 15.4. The summed E-state index contributed by atoms with van der Waals surface area (Å²) in [6.45, 7) is 4.10. The average Bonchev–Trinajstić information content (AvgIpc) is 2.74. The molecule has 1 saturated carbocycles. The van der Waals surface area contributed by atoms with Gasteiger partial charge in [-0.05, 0) is 6.92 Å². The molecule has 1 aliphatic heterocycles. The number of hydrogen-bond acceptors (Lipinski definition) is 4. The maximum atomic E-state index is 12.9. The first kappa shape index (κ1) is 14.4. The minimum Gasteiger partial charge on any atom is -0.322 e. The molecule has 2 aliphatic rings. The van der Waals surface area contributed by atoms with E-state index >= 15 is 0 Å². The Hall–Kier alpha value is -1.57. The molecule has 1 aliphatic carbocycles. The number of thiazole rings is 1. The van der Waals surface area contributed by atoms with Gasteiger partial charge in [0.25, 0.3) is 5.92 Å². The molecular formula is C13H15F2N3O2S. The molecule has 114 valence electrons. The predicted molar refractivity (Wildman–Crippen MR) is 74.2 cm³/mol. The molecule has 0 bridgehead atoms. The van der Waals surface area contributed by atoms with Gasteiger partial charge in [0.05, 0.1) is 10.6 Å². The van der Waals surface area contributed by atoms with Crippen LogP contribution >= 0.6 is 11.3 Å². The van der Waals surface area contributed by atoms with Gasteiger partial charge < -0.3 is 4.90 Å². The molecule has 1 aromatic heterocycles. The molecule has 8 heteroatoms. The van der Waals surface area contributed by atoms with Crippen LogP contribution in [0.25, 0.3) is 0 Å². The minimum absolute atomic E-state index is 0.0858. The van der Waals surface area contributed by atoms with E-state index in [2.05, 4.69) is 4.98 Å². The summed E-state index contributed by atoms with van der Waals surface area (Å²) >= 11 is 1.17. The first-order valence-corrected chi connectivity index (χ1v) is 7.54. The topological polar surface area (TPSA) is 53.5 Å². The molecule has 5 nitrogen and oxygen atoms in total. The van der Waals surface area contributed by atoms with Gasteiger partial charge in [-0.3, -0.25) is 9.69 Å². The largest absolute Gasteiger partial charge is 0.326 e. The van der Waals surface area contributed by atoms with E-state index < -0.39 is 11.8 Å². The monoisotopic (exact) mass is 315 g/mol. The van der Waals surface area contributed by atoms with Crippen LogP contribution in [0.2, 0.25) is 0 Å². The molecule has 2 fully saturated rings. The fourth-order valence-electron chi connectivity index (χ4n) is 2.49. The lowest BCUT2D eigenvalue weighted by Crippen LogP contribution is -2.33. The number of Topliss-reactive ketones (excluding diaryl/α,β-unsaturated/α-hetero) is 1. The summed E-state index contributed by atoms with van der Waals surface area (Å²) in [7, 11) is 0. The van der Waals surface area contributed by atoms with E-state index in [4.69, 9.17) is 0 Å². The van der Waals surface area contributed by atoms with Gasteiger partial charge in [-0.15, -0.1) is 0 Å². The maximum absolute atomic E-state index is 12.9. The van der Waals surface area contributed by atoms with Crippen molar-refractivity contribution in [1.82, 2.24) is 9.88 Å². The van der Waals surface area contributed by atoms with E-state index in [0.29, 0.717) is 28.8 Å². The number of nitrogens with zero attached hydrogens (tertiary/aromatic N) is 3. The van der Waals surface area contributed by atoms with E-state index in [1.807, 2.05) is 0 Å². The zero-order valence-electron chi connectivity index (χ0n) is 11.7. The second-order valence-electron chi connectivity index (χ2n) is 5.51. The Kier molecular flexibility index (Phi) is 3.23. The summed E-state index contributed by atoms with van der Waals surface area (Å²) in [4.78, 5) is 31.4. The van der Waals surface area contributed by atoms with Crippen LogP contribution in [0.5, 0.6) is 0 Å². The lowest BCUT2D eigenvalue weighted by molar-refractivity contribution is 0.0923. The lowest BCUT2D eigenvalue weighted by Gasteiger charge is -2.16. The first-order chi connectivity index (χ1) is 9.79. The molecular weight excluding hydrogens is 300 g/mol. The number of amides is 2. The van der Waals surface area contributed by atoms with Crippen LogP contribution in [-0.4, -0.2) is 47.3 Å². The second-order valence-corrected chi connectivity index (χ2v) is 6.49. The number of alkyl halides is 2. The van der Waals surface area contributed by atoms with Crippen molar-refractivity contribution in [1.29, 1.82) is 0 Å². The van der Waals surface area contributed by atoms with Gasteiger partial charge in [-0.1, -0.05) is 11.3 Å². The molecule has 1 atom stereocenters. The highest BCUT2D eigenvalue weighted by Gasteiger charge is 2.58. The van der Waals surface area contributed by atoms with Crippen molar-refractivity contribution in [3.05, 3.63) is 10.6 Å². The third-order valence-electron chi connectivity index (χ3n) is 3.83. The molecule has 0 N–H and O–H groups in total. The van der Waals surface area contributed by atoms with Gasteiger partial charge >= 0.3 is 6.03 Å². The Bertz CT molecular complexity index is 617. The molecule has 1 unspecified atom stereocenters. The fourth-order valence-corrected chi connectivity index (χ4v) is 3.47. The predicted octanol–water partition coefficient (Wildman–Crippen LogP) is 2.55. The smallest absolute Gasteiger partial charge is 0.322 e. The van der Waals surface area contributed by atoms with Gasteiger partial charge in [0, 0.05) is 38.9 Å². The molecule has 1 saturated heterocycles. The summed E-state index contributed by atoms with van der Waals surface area (Å²) in [5, 5.41) is 0.466. The number of aryl methyl sites for hydroxylation is 1. The van der Waals surface area contributed by atoms with Crippen molar-refractivity contribution in [2.24, 2.45) is 5.92 Å². The molecule has 1 aromatic rings. The summed E-state index contributed by atoms with van der Waals surface area (Å²) in [5.74, 6) is -3.42. The van der Waals surface area contributed by atoms with Gasteiger partial charge in [-0.2, -0.15) is 0 Å². The minimum atomic E-state index is -2.62. The highest BCUT2D eigenvalue weighted by atomic mass is 32.1. The molecule has 0 aromatic carbocycles. The maximum Gasteiger partial charge on any atom is 0.326 e. The van der Waals surface area contributed by atoms with Crippen LogP contribution in [0.4, 0.5) is 18.7 Å². The number of rotatable bonds is 4. The number of carbonyl (C=O) groups is 2. The highest BCUT2D eigenvalue weighted by Crippen LogP contribution is 2.49. The Labute approximate surface area is 124 Å². The third kappa shape index (κ3) is 2.52. The summed E-state index contributed by atoms with van der Waals surface area (Å²) < 4.78 is 25.9. The van der Waals surface area contributed by atoms with Crippen molar-refractivity contribution < 1.29 is 18.4 Å². The third-order valence-corrected chi connectivity index (χ3v) is 5.11. The van der Waals surface area contributed by atoms with Gasteiger partial charge in [0.1, 0.15) is 0 Å². The van der Waals surface area contributed by atoms with Crippen molar-refractivity contribution >= 4 is 28.3 Å². The summed E-state index contributed by atoms with van der Waals surface area (Å²) in [6, 6.07) is -0.304. The average molecular weight is 315 g/mol. The van der Waals surface area contributed by atoms with Crippen LogP contribution in [0.1, 0.15) is 28.7 Å². The van der Waals surface area contributed by atoms with E-state index in [1.54, 1.807) is 6.92 Å². The van der Waals surface area contributed by atoms with Crippen LogP contribution in [0.15, 0.2) is 0 Å². The normalized spacial score (nSPS) is 23.8. The van der Waals surface area contributed by atoms with Crippen LogP contribution in [-0.2, 0) is 0 Å². The Balaban J connectivity index is 1.71. The Morgan fingerprint density at radius 3 is 2.67 bits per heavy atom. The SMILES string of the molecule is CC(=O)c1sc(N2CCN(CC3CC3(F)F)C2=O)nc1C. The number of ketones is 1. The number of urea groups is 1. The molecule has 0 spiro atoms. The molecule has 2 heterocycles. The Morgan fingerprint density at radius 2 is 2.14 bits per heavy atom. The number of carbonyl (C=O) groups excluding carboxylic acids is 2. The van der Waals surface area contributed by atoms with Crippen LogP contribution < -0.4 is 4.90 Å². The van der Waals surface area contributed by atoms with Crippen molar-refractivity contribution in [3.63, 3.8) is 0 Å². The molecule has 3 rings (SSSR count). The molecule has 0 radical (unpaired) electrons. The van der Waals surface area contributed by atoms with E-state index in [0.717, 1.165) is 0 Å². The second kappa shape index (κ2) is 4.72. The number of hydrogen-bond donors (Lipinski definition) is 0. The van der Waals surface area contributed by atoms with Gasteiger partial charge in [0.2, 0.25) is 0 Å². The lowest BCUT2D eigenvalue weighted by atomic mass is 10.3. The quantitative estimate of drug-likeness (QED) is 0.802. The van der Waals surface area contributed by atoms with Crippen molar-refractivity contribution in [3.8, 4) is 0 Å². The van der Waals surface area contributed by atoms with Crippen molar-refractivity contribution in [2.75, 3.05) is 24.5 Å². The summed E-state index contributed by atoms with van der Waals surface area (Å²) in [6.07, 6.45) is -0.137. The molecule has 21 heavy (non-hydrogen) atoms. The number of anilines is 1. The van der Waals surface area contributed by atoms with E-state index in [-0.39, 0.29) is 24.8 Å². The first-order valence-electron chi connectivity index (χ1n) is 6.72. The van der Waals surface area contributed by atoms with Gasteiger partial charge in [-0.25, -0.2) is 18.6 Å². The highest BCUT2D eigenvalue weighted by molar-refractivity contribution is 7.17. The van der Waals surface area contributed by atoms with Crippen molar-refractivity contribution in [2.45, 2.75) is 26.2 Å². The number of halogens is 2. The number of aromatic nitrogens is 1. The standard InChI is InChI=1S/C13H15F2N3O2S/c1-7-10(8(2)19)21-11(16-7)18-4-3-17(12(18)20)6-9-5-13(9,14)15/h9H,3-6H2,1-2H3. The summed E-state index contributed by atoms with van der Waals surface area (Å²) in [5.41, 5.74) is 0.600. The van der Waals surface area contributed by atoms with E-state index in [9.17, 15) is 18.4 Å². The van der Waals surface area contributed by atoms with Crippen LogP contribution in [0, 0.1) is 12.8 Å². The zero-order valence-corrected chi connectivity index (χ0v) is 12.5. The Morgan fingerprint density at radius 1 is 1.48 bits per heavy atom. The van der Waals surface area contributed by atoms with Gasteiger partial charge in [0.15, 0.2) is 10.9 Å². The van der Waals surface area contributed by atoms with Crippen LogP contribution in [0.3, 0.4) is 0 Å². The molecule has 2 amide bonds. The fraction of sp³-hybridized carbons (Fsp3) is 0.615. The van der Waals surface area contributed by atoms with E-state index in [1.165, 1.54) is 28.1 Å².